The van der Waals surface area contributed by atoms with Crippen LogP contribution in [-0.4, -0.2) is 22.7 Å². The van der Waals surface area contributed by atoms with Crippen LogP contribution in [0.15, 0.2) is 10.9 Å². The molecule has 1 fully saturated rings. The van der Waals surface area contributed by atoms with Gasteiger partial charge in [0, 0.05) is 24.4 Å². The molecule has 2 rings (SSSR count). The van der Waals surface area contributed by atoms with Gasteiger partial charge < -0.3 is 10.6 Å². The van der Waals surface area contributed by atoms with Crippen molar-refractivity contribution < 1.29 is 0 Å². The van der Waals surface area contributed by atoms with Crippen molar-refractivity contribution in [2.75, 3.05) is 6.54 Å². The molecule has 5 heteroatoms. The Labute approximate surface area is 112 Å². The Bertz CT molecular complexity index is 332. The zero-order valence-electron chi connectivity index (χ0n) is 9.95. The van der Waals surface area contributed by atoms with Crippen LogP contribution in [0, 0.1) is 0 Å². The molecule has 3 nitrogen and oxygen atoms in total. The lowest BCUT2D eigenvalue weighted by molar-refractivity contribution is 0.412. The van der Waals surface area contributed by atoms with Crippen LogP contribution in [0.25, 0.3) is 0 Å². The van der Waals surface area contributed by atoms with Gasteiger partial charge in [-0.05, 0) is 25.1 Å². The molecule has 0 aromatic carbocycles. The van der Waals surface area contributed by atoms with E-state index in [4.69, 9.17) is 12.2 Å². The van der Waals surface area contributed by atoms with Crippen molar-refractivity contribution in [3.8, 4) is 0 Å². The molecule has 1 saturated carbocycles. The highest BCUT2D eigenvalue weighted by molar-refractivity contribution is 7.80. The van der Waals surface area contributed by atoms with Crippen molar-refractivity contribution in [2.45, 2.75) is 44.6 Å². The standard InChI is InChI=1S/C12H19N3S2/c16-12(15-10-4-2-1-3-5-10)13-7-6-11-8-17-9-14-11/h8-10H,1-7H2,(H2,13,15,16). The molecule has 0 bridgehead atoms. The highest BCUT2D eigenvalue weighted by Gasteiger charge is 2.13. The Morgan fingerprint density at radius 3 is 2.94 bits per heavy atom. The Hall–Kier alpha value is -0.680. The summed E-state index contributed by atoms with van der Waals surface area (Å²) >= 11 is 6.93. The van der Waals surface area contributed by atoms with Crippen LogP contribution in [0.3, 0.4) is 0 Å². The van der Waals surface area contributed by atoms with Crippen molar-refractivity contribution >= 4 is 28.7 Å². The van der Waals surface area contributed by atoms with Gasteiger partial charge in [0.25, 0.3) is 0 Å². The number of nitrogens with zero attached hydrogens (tertiary/aromatic N) is 1. The molecule has 0 spiro atoms. The first-order valence-corrected chi connectivity index (χ1v) is 7.61. The van der Waals surface area contributed by atoms with Gasteiger partial charge in [0.2, 0.25) is 0 Å². The van der Waals surface area contributed by atoms with Gasteiger partial charge in [-0.3, -0.25) is 0 Å². The first-order valence-electron chi connectivity index (χ1n) is 6.26. The van der Waals surface area contributed by atoms with Crippen LogP contribution in [0.4, 0.5) is 0 Å². The lowest BCUT2D eigenvalue weighted by atomic mass is 9.96. The number of aromatic nitrogens is 1. The van der Waals surface area contributed by atoms with Crippen LogP contribution in [0.1, 0.15) is 37.8 Å². The van der Waals surface area contributed by atoms with Gasteiger partial charge in [0.1, 0.15) is 0 Å². The molecule has 0 unspecified atom stereocenters. The number of rotatable bonds is 4. The third kappa shape index (κ3) is 4.60. The normalized spacial score (nSPS) is 16.7. The monoisotopic (exact) mass is 269 g/mol. The molecular formula is C12H19N3S2. The number of thiazole rings is 1. The van der Waals surface area contributed by atoms with E-state index < -0.39 is 0 Å². The highest BCUT2D eigenvalue weighted by Crippen LogP contribution is 2.17. The minimum absolute atomic E-state index is 0.586. The summed E-state index contributed by atoms with van der Waals surface area (Å²) in [6.45, 7) is 0.863. The van der Waals surface area contributed by atoms with E-state index in [0.29, 0.717) is 6.04 Å². The second kappa shape index (κ2) is 6.91. The smallest absolute Gasteiger partial charge is 0.166 e. The Kier molecular flexibility index (Phi) is 5.19. The van der Waals surface area contributed by atoms with Gasteiger partial charge in [0.15, 0.2) is 5.11 Å². The van der Waals surface area contributed by atoms with Crippen LogP contribution < -0.4 is 10.6 Å². The minimum Gasteiger partial charge on any atom is -0.362 e. The fourth-order valence-corrected chi connectivity index (χ4v) is 3.01. The lowest BCUT2D eigenvalue weighted by Gasteiger charge is -2.24. The molecular weight excluding hydrogens is 250 g/mol. The predicted molar refractivity (Wildman–Crippen MR) is 76.4 cm³/mol. The molecule has 0 radical (unpaired) electrons. The van der Waals surface area contributed by atoms with Crippen LogP contribution in [0.5, 0.6) is 0 Å². The maximum absolute atomic E-state index is 5.29. The Morgan fingerprint density at radius 2 is 2.24 bits per heavy atom. The molecule has 17 heavy (non-hydrogen) atoms. The summed E-state index contributed by atoms with van der Waals surface area (Å²) in [5.41, 5.74) is 3.01. The quantitative estimate of drug-likeness (QED) is 0.824. The van der Waals surface area contributed by atoms with E-state index in [1.165, 1.54) is 32.1 Å². The van der Waals surface area contributed by atoms with Crippen molar-refractivity contribution in [3.05, 3.63) is 16.6 Å². The molecule has 1 aliphatic carbocycles. The molecule has 1 aromatic heterocycles. The molecule has 0 saturated heterocycles. The maximum atomic E-state index is 5.29. The molecule has 0 aliphatic heterocycles. The zero-order valence-corrected chi connectivity index (χ0v) is 11.6. The third-order valence-corrected chi connectivity index (χ3v) is 3.99. The van der Waals surface area contributed by atoms with Gasteiger partial charge in [-0.2, -0.15) is 0 Å². The Balaban J connectivity index is 1.60. The van der Waals surface area contributed by atoms with Crippen LogP contribution in [0.2, 0.25) is 0 Å². The molecule has 1 heterocycles. The fourth-order valence-electron chi connectivity index (χ4n) is 2.15. The summed E-state index contributed by atoms with van der Waals surface area (Å²) < 4.78 is 0. The summed E-state index contributed by atoms with van der Waals surface area (Å²) in [7, 11) is 0. The van der Waals surface area contributed by atoms with Crippen LogP contribution >= 0.6 is 23.6 Å². The van der Waals surface area contributed by atoms with Crippen molar-refractivity contribution in [3.63, 3.8) is 0 Å². The summed E-state index contributed by atoms with van der Waals surface area (Å²) in [6.07, 6.45) is 7.50. The van der Waals surface area contributed by atoms with Gasteiger partial charge in [-0.1, -0.05) is 19.3 Å². The molecule has 2 N–H and O–H groups in total. The second-order valence-electron chi connectivity index (χ2n) is 4.46. The van der Waals surface area contributed by atoms with E-state index in [1.54, 1.807) is 11.3 Å². The second-order valence-corrected chi connectivity index (χ2v) is 5.59. The largest absolute Gasteiger partial charge is 0.362 e. The van der Waals surface area contributed by atoms with E-state index in [0.717, 1.165) is 23.8 Å². The summed E-state index contributed by atoms with van der Waals surface area (Å²) in [5.74, 6) is 0. The summed E-state index contributed by atoms with van der Waals surface area (Å²) in [6, 6.07) is 0.586. The molecule has 94 valence electrons. The summed E-state index contributed by atoms with van der Waals surface area (Å²) in [5, 5.41) is 9.54. The van der Waals surface area contributed by atoms with Crippen molar-refractivity contribution in [1.82, 2.24) is 15.6 Å². The van der Waals surface area contributed by atoms with Gasteiger partial charge in [0.05, 0.1) is 11.2 Å². The van der Waals surface area contributed by atoms with E-state index >= 15 is 0 Å². The highest BCUT2D eigenvalue weighted by atomic mass is 32.1. The molecule has 0 atom stereocenters. The predicted octanol–water partition coefficient (Wildman–Crippen LogP) is 2.48. The lowest BCUT2D eigenvalue weighted by Crippen LogP contribution is -2.43. The van der Waals surface area contributed by atoms with Crippen LogP contribution in [-0.2, 0) is 6.42 Å². The number of hydrogen-bond acceptors (Lipinski definition) is 3. The Morgan fingerprint density at radius 1 is 1.41 bits per heavy atom. The molecule has 1 aliphatic rings. The van der Waals surface area contributed by atoms with E-state index in [2.05, 4.69) is 21.0 Å². The molecule has 0 amide bonds. The van der Waals surface area contributed by atoms with Gasteiger partial charge in [-0.15, -0.1) is 11.3 Å². The summed E-state index contributed by atoms with van der Waals surface area (Å²) in [4.78, 5) is 4.24. The van der Waals surface area contributed by atoms with E-state index in [9.17, 15) is 0 Å². The average Bonchev–Trinajstić information content (AvgIpc) is 2.83. The topological polar surface area (TPSA) is 37.0 Å². The first kappa shape index (κ1) is 12.8. The molecule has 1 aromatic rings. The number of hydrogen-bond donors (Lipinski definition) is 2. The average molecular weight is 269 g/mol. The van der Waals surface area contributed by atoms with Crippen molar-refractivity contribution in [1.29, 1.82) is 0 Å². The van der Waals surface area contributed by atoms with Crippen molar-refractivity contribution in [2.24, 2.45) is 0 Å². The first-order chi connectivity index (χ1) is 8.34. The minimum atomic E-state index is 0.586. The fraction of sp³-hybridized carbons (Fsp3) is 0.667. The van der Waals surface area contributed by atoms with Gasteiger partial charge >= 0.3 is 0 Å². The maximum Gasteiger partial charge on any atom is 0.166 e. The number of nitrogens with one attached hydrogen (secondary N) is 2. The van der Waals surface area contributed by atoms with Gasteiger partial charge in [-0.25, -0.2) is 4.98 Å². The third-order valence-electron chi connectivity index (χ3n) is 3.09. The number of thiocarbonyl (C=S) groups is 1. The van der Waals surface area contributed by atoms with E-state index in [-0.39, 0.29) is 0 Å². The SMILES string of the molecule is S=C(NCCc1cscn1)NC1CCCCC1. The zero-order chi connectivity index (χ0) is 11.9. The van der Waals surface area contributed by atoms with E-state index in [1.807, 2.05) is 5.51 Å².